The summed E-state index contributed by atoms with van der Waals surface area (Å²) >= 11 is 0. The van der Waals surface area contributed by atoms with Crippen LogP contribution in [0.15, 0.2) is 171 Å². The highest BCUT2D eigenvalue weighted by Crippen LogP contribution is 2.44. The number of allylic oxidation sites excluding steroid dienone is 2. The summed E-state index contributed by atoms with van der Waals surface area (Å²) in [6.07, 6.45) is 12.8. The van der Waals surface area contributed by atoms with Crippen LogP contribution in [0.3, 0.4) is 0 Å². The average Bonchev–Trinajstić information content (AvgIpc) is 1.62. The molecule has 1 aliphatic rings. The number of aliphatic hydroxyl groups is 1. The predicted octanol–water partition coefficient (Wildman–Crippen LogP) is 33.1. The quantitative estimate of drug-likeness (QED) is 0.0142. The molecule has 0 aromatic heterocycles. The number of ketones is 1. The van der Waals surface area contributed by atoms with Crippen molar-refractivity contribution in [3.05, 3.63) is 204 Å². The molecule has 12 nitrogen and oxygen atoms in total. The molecule has 5 aromatic rings. The molecule has 0 bridgehead atoms. The number of hydrogen-bond acceptors (Lipinski definition) is 12. The zero-order valence-electron chi connectivity index (χ0n) is 90.9. The summed E-state index contributed by atoms with van der Waals surface area (Å²) in [4.78, 5) is 65.4. The number of ether oxygens (including phenoxy) is 5. The Bertz CT molecular complexity index is 3440. The number of benzene rings is 5. The van der Waals surface area contributed by atoms with Crippen molar-refractivity contribution in [2.75, 3.05) is 26.4 Å². The highest BCUT2D eigenvalue weighted by molar-refractivity contribution is 6.78. The first kappa shape index (κ1) is 137. The Kier molecular flexibility index (Phi) is 91.3. The zero-order chi connectivity index (χ0) is 102. The van der Waals surface area contributed by atoms with Crippen LogP contribution in [0.1, 0.15) is 348 Å². The standard InChI is InChI=1S/C18H18O2.C11H14O2.C11H22O2.C11H16O.C10H14.C9H22Si.C8H16O2.C7H12O2.C7H14.C6H12.C5H10O.C5H12.2C4H10/c1-12(2)18(19)20-11-17-15-9-5-3-7-13(15)14-8-4-6-10-16(14)17;1-9(2)11(12)13-8-10-6-4-3-5-7-10;1-9(2)7-5-6-8-13-11(12)10(3)4;1-9(2)7-10-3-5-11(8-12)6-4-10;1-9(2)8-10-6-4-3-5-7-10;1-8(2)7-10(5,6)9(3)4;1-6(2)5-10-8(9)7(3)4;1-4-5-9-7(8)6(2)3;1-6(2)5-7(3)4;1-4-5-6(2)3;1-4(2)5(3)6;1-4-5(2)3;2*1-4(2)3/h3-10,12,17H,11H2,1-2H3;3-7,9H,8H2,1-2H3;9-10H,5-8H2,1-4H3;3-6,9,12H,7-8H2,1-2H3;3-7,9H,8H2,1-2H3;8-9H,7H2,1-6H3;6-7H,5H2,1-4H3;4,6H,1,5H2,2-3H3;7H,1,5H2,2-4H3;4,6H,1,5H2,2-3H3;4H,1-3H3;5H,4H2,1-3H3;2*4H,1-3H3. The van der Waals surface area contributed by atoms with E-state index in [1.165, 1.54) is 70.7 Å². The highest BCUT2D eigenvalue weighted by Gasteiger charge is 2.30. The Morgan fingerprint density at radius 1 is 0.388 bits per heavy atom. The van der Waals surface area contributed by atoms with E-state index in [0.717, 1.165) is 89.7 Å². The lowest BCUT2D eigenvalue weighted by Crippen LogP contribution is -2.30. The molecule has 13 heteroatoms. The number of hydrogen-bond donors (Lipinski definition) is 1. The third-order valence-corrected chi connectivity index (χ3v) is 23.1. The molecule has 129 heavy (non-hydrogen) atoms. The molecule has 0 saturated carbocycles. The number of fused-ring (bicyclic) bond motifs is 3. The molecular weight excluding hydrogens is 1610 g/mol. The van der Waals surface area contributed by atoms with E-state index in [-0.39, 0.29) is 83.7 Å². The molecule has 0 aliphatic heterocycles. The molecular formula is C116H202O12Si. The monoisotopic (exact) mass is 1820 g/mol. The fraction of sp³-hybridized carbons (Fsp3) is 0.638. The average molecular weight is 1820 g/mol. The van der Waals surface area contributed by atoms with E-state index in [9.17, 15) is 28.8 Å². The Labute approximate surface area is 798 Å². The van der Waals surface area contributed by atoms with Gasteiger partial charge < -0.3 is 28.8 Å². The van der Waals surface area contributed by atoms with Gasteiger partial charge >= 0.3 is 29.8 Å². The van der Waals surface area contributed by atoms with Crippen LogP contribution in [0, 0.1) is 94.7 Å². The van der Waals surface area contributed by atoms with Crippen molar-refractivity contribution < 1.29 is 57.6 Å². The fourth-order valence-electron chi connectivity index (χ4n) is 10.0. The van der Waals surface area contributed by atoms with Crippen LogP contribution in [0.2, 0.25) is 24.7 Å². The summed E-state index contributed by atoms with van der Waals surface area (Å²) in [6.45, 7) is 99.2. The number of carbonyl (C=O) groups is 6. The maximum atomic E-state index is 11.7. The normalized spacial score (nSPS) is 10.8. The van der Waals surface area contributed by atoms with Crippen molar-refractivity contribution in [1.29, 1.82) is 0 Å². The Morgan fingerprint density at radius 3 is 1.02 bits per heavy atom. The molecule has 0 saturated heterocycles. The summed E-state index contributed by atoms with van der Waals surface area (Å²) < 4.78 is 25.2. The molecule has 0 fully saturated rings. The number of carbonyl (C=O) groups excluding carboxylic acids is 6. The van der Waals surface area contributed by atoms with E-state index in [2.05, 4.69) is 278 Å². The van der Waals surface area contributed by atoms with Crippen molar-refractivity contribution in [3.8, 4) is 11.1 Å². The first-order chi connectivity index (χ1) is 59.8. The number of aliphatic hydroxyl groups excluding tert-OH is 1. The van der Waals surface area contributed by atoms with Crippen LogP contribution in [0.4, 0.5) is 0 Å². The molecule has 0 spiro atoms. The zero-order valence-corrected chi connectivity index (χ0v) is 91.9. The van der Waals surface area contributed by atoms with Crippen molar-refractivity contribution in [1.82, 2.24) is 0 Å². The minimum atomic E-state index is -0.844. The van der Waals surface area contributed by atoms with Crippen LogP contribution in [-0.2, 0) is 78.5 Å². The first-order valence-electron chi connectivity index (χ1n) is 48.9. The molecule has 6 rings (SSSR count). The van der Waals surface area contributed by atoms with Gasteiger partial charge in [-0.3, -0.25) is 28.8 Å². The van der Waals surface area contributed by atoms with Crippen molar-refractivity contribution in [2.24, 2.45) is 94.7 Å². The van der Waals surface area contributed by atoms with Crippen LogP contribution in [0.5, 0.6) is 0 Å². The van der Waals surface area contributed by atoms with Crippen LogP contribution in [0.25, 0.3) is 11.1 Å². The summed E-state index contributed by atoms with van der Waals surface area (Å²) in [6, 6.07) is 46.6. The van der Waals surface area contributed by atoms with Gasteiger partial charge in [-0.2, -0.15) is 0 Å². The maximum absolute atomic E-state index is 11.7. The third kappa shape index (κ3) is 95.0. The van der Waals surface area contributed by atoms with Crippen molar-refractivity contribution in [3.63, 3.8) is 0 Å². The maximum Gasteiger partial charge on any atom is 0.308 e. The van der Waals surface area contributed by atoms with Gasteiger partial charge in [0, 0.05) is 11.8 Å². The largest absolute Gasteiger partial charge is 0.465 e. The second kappa shape index (κ2) is 86.0. The van der Waals surface area contributed by atoms with E-state index in [1.807, 2.05) is 144 Å². The molecule has 742 valence electrons. The van der Waals surface area contributed by atoms with Gasteiger partial charge in [-0.15, -0.1) is 13.2 Å². The third-order valence-electron chi connectivity index (χ3n) is 18.1. The van der Waals surface area contributed by atoms with Crippen LogP contribution >= 0.6 is 0 Å². The first-order valence-corrected chi connectivity index (χ1v) is 52.2. The number of rotatable bonds is 32. The van der Waals surface area contributed by atoms with Gasteiger partial charge in [0.2, 0.25) is 0 Å². The summed E-state index contributed by atoms with van der Waals surface area (Å²) in [5.74, 6) is 7.48. The molecule has 0 unspecified atom stereocenters. The minimum absolute atomic E-state index is 0.00116. The van der Waals surface area contributed by atoms with E-state index in [4.69, 9.17) is 28.8 Å². The van der Waals surface area contributed by atoms with Crippen molar-refractivity contribution >= 4 is 43.7 Å². The topological polar surface area (TPSA) is 169 Å². The molecule has 0 atom stereocenters. The Balaban J connectivity index is -0.000000208. The number of esters is 5. The molecule has 0 radical (unpaired) electrons. The number of Topliss-reactive ketones (excluding diaryl/α,β-unsaturated/α-hetero) is 1. The molecule has 0 amide bonds. The van der Waals surface area contributed by atoms with Gasteiger partial charge in [0.1, 0.15) is 25.6 Å². The lowest BCUT2D eigenvalue weighted by molar-refractivity contribution is -0.149. The summed E-state index contributed by atoms with van der Waals surface area (Å²) in [7, 11) is -0.844. The smallest absolute Gasteiger partial charge is 0.308 e. The van der Waals surface area contributed by atoms with E-state index in [1.54, 1.807) is 26.8 Å². The SMILES string of the molecule is C=C(C)CC(C)C.C=CCC(C)C.C=CCOC(=O)C(C)C.CC(=O)C(C)C.CC(C)C.CC(C)C.CC(C)C(=O)OCC1c2ccccc2-c2ccccc21.CC(C)C(=O)OCc1ccccc1.CC(C)CCCCOC(=O)C(C)C.CC(C)COC(=O)C(C)C.CC(C)C[Si](C)(C)C(C)C.CC(C)Cc1ccc(CO)cc1.CC(C)Cc1ccccc1.CCC(C)C. The van der Waals surface area contributed by atoms with Gasteiger partial charge in [-0.25, -0.2) is 0 Å². The highest BCUT2D eigenvalue weighted by atomic mass is 28.3. The van der Waals surface area contributed by atoms with Crippen LogP contribution < -0.4 is 0 Å². The Morgan fingerprint density at radius 2 is 0.736 bits per heavy atom. The van der Waals surface area contributed by atoms with E-state index < -0.39 is 8.07 Å². The van der Waals surface area contributed by atoms with E-state index >= 15 is 0 Å². The Hall–Kier alpha value is -7.48. The molecule has 1 aliphatic carbocycles. The van der Waals surface area contributed by atoms with Gasteiger partial charge in [-0.05, 0) is 156 Å². The molecule has 0 heterocycles. The summed E-state index contributed by atoms with van der Waals surface area (Å²) in [5, 5.41) is 8.81. The predicted molar refractivity (Wildman–Crippen MR) is 565 cm³/mol. The minimum Gasteiger partial charge on any atom is -0.465 e. The molecule has 1 N–H and O–H groups in total. The lowest BCUT2D eigenvalue weighted by Gasteiger charge is -2.28. The van der Waals surface area contributed by atoms with Gasteiger partial charge in [0.25, 0.3) is 0 Å². The second-order valence-electron chi connectivity index (χ2n) is 41.1. The summed E-state index contributed by atoms with van der Waals surface area (Å²) in [5.41, 5.74) is 12.1. The van der Waals surface area contributed by atoms with Crippen molar-refractivity contribution in [2.45, 2.75) is 365 Å². The fourth-order valence-corrected chi connectivity index (χ4v) is 12.6. The lowest BCUT2D eigenvalue weighted by atomic mass is 9.98. The van der Waals surface area contributed by atoms with E-state index in [0.29, 0.717) is 44.9 Å². The second-order valence-corrected chi connectivity index (χ2v) is 46.7. The number of unbranched alkanes of at least 4 members (excludes halogenated alkanes) is 1. The van der Waals surface area contributed by atoms with Gasteiger partial charge in [0.05, 0.1) is 57.5 Å². The van der Waals surface area contributed by atoms with Gasteiger partial charge in [-0.1, -0.05) is 451 Å². The van der Waals surface area contributed by atoms with Crippen LogP contribution in [-0.4, -0.2) is 75.2 Å². The molecule has 5 aromatic carbocycles. The van der Waals surface area contributed by atoms with Gasteiger partial charge in [0.15, 0.2) is 0 Å².